The van der Waals surface area contributed by atoms with Crippen molar-refractivity contribution in [2.24, 2.45) is 0 Å². The molecule has 6 aromatic carbocycles. The Morgan fingerprint density at radius 1 is 0.267 bits per heavy atom. The minimum atomic E-state index is 0.788. The predicted molar refractivity (Wildman–Crippen MR) is 194 cm³/mol. The van der Waals surface area contributed by atoms with E-state index < -0.39 is 0 Å². The first kappa shape index (κ1) is 29.2. The zero-order valence-corrected chi connectivity index (χ0v) is 25.0. The van der Waals surface area contributed by atoms with E-state index in [1.54, 1.807) is 0 Å². The van der Waals surface area contributed by atoms with Gasteiger partial charge in [0.2, 0.25) is 0 Å². The van der Waals surface area contributed by atoms with Gasteiger partial charge in [-0.15, -0.1) is 0 Å². The van der Waals surface area contributed by atoms with E-state index in [1.165, 1.54) is 0 Å². The number of hydrogen-bond acceptors (Lipinski definition) is 1. The fraction of sp³-hybridized carbons (Fsp3) is 0. The van der Waals surface area contributed by atoms with Crippen molar-refractivity contribution in [3.63, 3.8) is 0 Å². The van der Waals surface area contributed by atoms with Crippen molar-refractivity contribution in [2.45, 2.75) is 0 Å². The highest BCUT2D eigenvalue weighted by Gasteiger charge is 2.11. The van der Waals surface area contributed by atoms with Crippen molar-refractivity contribution < 1.29 is 4.74 Å². The van der Waals surface area contributed by atoms with Crippen LogP contribution in [0.25, 0.3) is 48.6 Å². The normalized spacial score (nSPS) is 11.6. The van der Waals surface area contributed by atoms with Gasteiger partial charge in [0.15, 0.2) is 0 Å². The van der Waals surface area contributed by atoms with E-state index in [0.717, 1.165) is 56.0 Å². The second kappa shape index (κ2) is 15.0. The van der Waals surface area contributed by atoms with Crippen molar-refractivity contribution >= 4 is 48.6 Å². The Labute approximate surface area is 266 Å². The molecule has 0 bridgehead atoms. The van der Waals surface area contributed by atoms with Gasteiger partial charge in [-0.25, -0.2) is 0 Å². The fourth-order valence-corrected chi connectivity index (χ4v) is 5.05. The molecule has 0 unspecified atom stereocenters. The summed E-state index contributed by atoms with van der Waals surface area (Å²) in [6.45, 7) is 0. The molecule has 0 fully saturated rings. The van der Waals surface area contributed by atoms with Crippen LogP contribution in [0.5, 0.6) is 11.5 Å². The third-order valence-corrected chi connectivity index (χ3v) is 7.41. The van der Waals surface area contributed by atoms with Crippen LogP contribution in [0, 0.1) is 0 Å². The average Bonchev–Trinajstić information content (AvgIpc) is 3.10. The molecule has 0 aromatic heterocycles. The van der Waals surface area contributed by atoms with E-state index in [1.807, 2.05) is 36.4 Å². The smallest absolute Gasteiger partial charge is 0.135 e. The summed E-state index contributed by atoms with van der Waals surface area (Å²) in [6.07, 6.45) is 17.2. The van der Waals surface area contributed by atoms with Crippen molar-refractivity contribution in [1.29, 1.82) is 0 Å². The van der Waals surface area contributed by atoms with Crippen LogP contribution in [0.2, 0.25) is 0 Å². The highest BCUT2D eigenvalue weighted by Crippen LogP contribution is 2.35. The largest absolute Gasteiger partial charge is 0.456 e. The first-order valence-corrected chi connectivity index (χ1v) is 15.2. The van der Waals surface area contributed by atoms with Gasteiger partial charge in [0, 0.05) is 11.1 Å². The van der Waals surface area contributed by atoms with Gasteiger partial charge in [0.25, 0.3) is 0 Å². The second-order valence-corrected chi connectivity index (χ2v) is 10.6. The van der Waals surface area contributed by atoms with Gasteiger partial charge in [-0.3, -0.25) is 0 Å². The Morgan fingerprint density at radius 2 is 0.578 bits per heavy atom. The maximum absolute atomic E-state index is 6.83. The molecule has 0 saturated heterocycles. The van der Waals surface area contributed by atoms with Crippen LogP contribution in [0.3, 0.4) is 0 Å². The highest BCUT2D eigenvalue weighted by atomic mass is 16.5. The van der Waals surface area contributed by atoms with Crippen LogP contribution >= 0.6 is 0 Å². The topological polar surface area (TPSA) is 9.23 Å². The third kappa shape index (κ3) is 8.13. The van der Waals surface area contributed by atoms with Crippen LogP contribution in [0.1, 0.15) is 44.5 Å². The lowest BCUT2D eigenvalue weighted by Gasteiger charge is -2.15. The minimum absolute atomic E-state index is 0.788. The van der Waals surface area contributed by atoms with Gasteiger partial charge >= 0.3 is 0 Å². The molecule has 0 aliphatic carbocycles. The molecule has 0 amide bonds. The van der Waals surface area contributed by atoms with Gasteiger partial charge in [-0.1, -0.05) is 194 Å². The first-order valence-electron chi connectivity index (χ1n) is 15.2. The zero-order chi connectivity index (χ0) is 30.5. The van der Waals surface area contributed by atoms with E-state index >= 15 is 0 Å². The van der Waals surface area contributed by atoms with E-state index in [-0.39, 0.29) is 0 Å². The predicted octanol–water partition coefficient (Wildman–Crippen LogP) is 12.2. The molecule has 1 nitrogen and oxygen atoms in total. The summed E-state index contributed by atoms with van der Waals surface area (Å²) >= 11 is 0. The van der Waals surface area contributed by atoms with Crippen molar-refractivity contribution in [2.75, 3.05) is 0 Å². The molecular weight excluding hydrogens is 544 g/mol. The van der Waals surface area contributed by atoms with Crippen molar-refractivity contribution in [1.82, 2.24) is 0 Å². The quantitative estimate of drug-likeness (QED) is 0.147. The molecule has 0 heterocycles. The Bertz CT molecular complexity index is 1790. The van der Waals surface area contributed by atoms with Crippen LogP contribution in [0.15, 0.2) is 158 Å². The molecular formula is C44H34O. The summed E-state index contributed by atoms with van der Waals surface area (Å²) in [5.41, 5.74) is 8.72. The molecule has 0 saturated carbocycles. The SMILES string of the molecule is C(=Cc1cccc(Oc2cccc(C=Cc3ccccc3)c2C=Cc2ccccc2)c1C=Cc1ccccc1)c1ccccc1. The summed E-state index contributed by atoms with van der Waals surface area (Å²) in [5.74, 6) is 1.58. The molecule has 0 N–H and O–H groups in total. The van der Waals surface area contributed by atoms with E-state index in [0.29, 0.717) is 0 Å². The van der Waals surface area contributed by atoms with Gasteiger partial charge in [-0.2, -0.15) is 0 Å². The number of hydrogen-bond donors (Lipinski definition) is 0. The van der Waals surface area contributed by atoms with Crippen molar-refractivity contribution in [3.05, 3.63) is 202 Å². The van der Waals surface area contributed by atoms with Crippen molar-refractivity contribution in [3.8, 4) is 11.5 Å². The molecule has 1 heteroatoms. The molecule has 0 atom stereocenters. The van der Waals surface area contributed by atoms with E-state index in [9.17, 15) is 0 Å². The summed E-state index contributed by atoms with van der Waals surface area (Å²) in [7, 11) is 0. The lowest BCUT2D eigenvalue weighted by Crippen LogP contribution is -1.94. The summed E-state index contributed by atoms with van der Waals surface area (Å²) < 4.78 is 6.83. The Morgan fingerprint density at radius 3 is 0.911 bits per heavy atom. The molecule has 0 aliphatic heterocycles. The monoisotopic (exact) mass is 578 g/mol. The van der Waals surface area contributed by atoms with Gasteiger partial charge in [0.05, 0.1) is 0 Å². The second-order valence-electron chi connectivity index (χ2n) is 10.6. The lowest BCUT2D eigenvalue weighted by atomic mass is 10.0. The summed E-state index contributed by atoms with van der Waals surface area (Å²) in [5, 5.41) is 0. The van der Waals surface area contributed by atoms with Crippen LogP contribution in [-0.2, 0) is 0 Å². The van der Waals surface area contributed by atoms with Gasteiger partial charge in [-0.05, 0) is 45.5 Å². The highest BCUT2D eigenvalue weighted by molar-refractivity contribution is 5.84. The zero-order valence-electron chi connectivity index (χ0n) is 25.0. The van der Waals surface area contributed by atoms with E-state index in [4.69, 9.17) is 4.74 Å². The molecule has 0 aliphatic rings. The number of benzene rings is 6. The molecule has 0 radical (unpaired) electrons. The molecule has 0 spiro atoms. The Kier molecular flexibility index (Phi) is 9.72. The standard InChI is InChI=1S/C44H34O/c1-5-15-35(16-6-1)27-31-39-23-13-25-43(41(39)33-29-37-19-9-3-10-20-37)45-44-26-14-24-40(32-28-36-17-7-2-8-18-36)42(44)34-30-38-21-11-4-12-22-38/h1-34H. The van der Waals surface area contributed by atoms with Gasteiger partial charge < -0.3 is 4.74 Å². The minimum Gasteiger partial charge on any atom is -0.456 e. The Balaban J connectivity index is 1.42. The lowest BCUT2D eigenvalue weighted by molar-refractivity contribution is 0.480. The summed E-state index contributed by atoms with van der Waals surface area (Å²) in [4.78, 5) is 0. The number of ether oxygens (including phenoxy) is 1. The molecule has 216 valence electrons. The van der Waals surface area contributed by atoms with Crippen LogP contribution in [-0.4, -0.2) is 0 Å². The van der Waals surface area contributed by atoms with E-state index in [2.05, 4.69) is 170 Å². The fourth-order valence-electron chi connectivity index (χ4n) is 5.05. The molecule has 45 heavy (non-hydrogen) atoms. The number of rotatable bonds is 10. The van der Waals surface area contributed by atoms with Crippen LogP contribution < -0.4 is 4.74 Å². The Hall–Kier alpha value is -5.92. The first-order chi connectivity index (χ1) is 22.3. The van der Waals surface area contributed by atoms with Crippen LogP contribution in [0.4, 0.5) is 0 Å². The van der Waals surface area contributed by atoms with Gasteiger partial charge in [0.1, 0.15) is 11.5 Å². The average molecular weight is 579 g/mol. The maximum atomic E-state index is 6.83. The molecule has 6 rings (SSSR count). The molecule has 6 aromatic rings. The summed E-state index contributed by atoms with van der Waals surface area (Å²) in [6, 6.07) is 53.9. The maximum Gasteiger partial charge on any atom is 0.135 e. The third-order valence-electron chi connectivity index (χ3n) is 7.41.